The number of rotatable bonds is 5. The van der Waals surface area contributed by atoms with E-state index in [2.05, 4.69) is 4.98 Å². The molecule has 1 N–H and O–H groups in total. The number of hydrogen-bond donors (Lipinski definition) is 1. The fourth-order valence-corrected chi connectivity index (χ4v) is 2.16. The first-order valence-electron chi connectivity index (χ1n) is 6.58. The van der Waals surface area contributed by atoms with Crippen LogP contribution in [0.25, 0.3) is 0 Å². The van der Waals surface area contributed by atoms with Crippen molar-refractivity contribution in [2.75, 3.05) is 7.05 Å². The van der Waals surface area contributed by atoms with Crippen LogP contribution < -0.4 is 0 Å². The summed E-state index contributed by atoms with van der Waals surface area (Å²) in [7, 11) is 1.91. The maximum Gasteiger partial charge on any atom is 0.338 e. The van der Waals surface area contributed by atoms with Crippen LogP contribution >= 0.6 is 0 Å². The van der Waals surface area contributed by atoms with Gasteiger partial charge in [-0.05, 0) is 43.8 Å². The van der Waals surface area contributed by atoms with Gasteiger partial charge < -0.3 is 5.11 Å². The van der Waals surface area contributed by atoms with Gasteiger partial charge >= 0.3 is 5.97 Å². The minimum atomic E-state index is -1.25. The Hall–Kier alpha value is -2.27. The molecular weight excluding hydrogens is 271 g/mol. The quantitative estimate of drug-likeness (QED) is 0.919. The normalized spacial score (nSPS) is 10.9. The summed E-state index contributed by atoms with van der Waals surface area (Å²) in [6, 6.07) is 10.0. The molecule has 0 amide bonds. The van der Waals surface area contributed by atoms with Crippen LogP contribution in [0.2, 0.25) is 0 Å². The van der Waals surface area contributed by atoms with Crippen LogP contribution in [0.3, 0.4) is 0 Å². The monoisotopic (exact) mass is 288 g/mol. The highest BCUT2D eigenvalue weighted by Gasteiger charge is 2.11. The lowest BCUT2D eigenvalue weighted by molar-refractivity contribution is 0.0692. The summed E-state index contributed by atoms with van der Waals surface area (Å²) in [5, 5.41) is 8.80. The SMILES string of the molecule is Cc1cccc(CN(C)Cc2ccc(C(=O)O)c(F)c2)n1. The molecule has 0 aliphatic rings. The molecule has 1 heterocycles. The third-order valence-electron chi connectivity index (χ3n) is 3.09. The molecule has 0 saturated carbocycles. The second-order valence-corrected chi connectivity index (χ2v) is 5.06. The summed E-state index contributed by atoms with van der Waals surface area (Å²) in [5.74, 6) is -1.96. The van der Waals surface area contributed by atoms with E-state index in [4.69, 9.17) is 5.11 Å². The van der Waals surface area contributed by atoms with Gasteiger partial charge in [-0.2, -0.15) is 0 Å². The standard InChI is InChI=1S/C16H17FN2O2/c1-11-4-3-5-13(18-11)10-19(2)9-12-6-7-14(16(20)21)15(17)8-12/h3-8H,9-10H2,1-2H3,(H,20,21). The van der Waals surface area contributed by atoms with Gasteiger partial charge in [-0.3, -0.25) is 9.88 Å². The van der Waals surface area contributed by atoms with E-state index in [1.54, 1.807) is 6.07 Å². The lowest BCUT2D eigenvalue weighted by atomic mass is 10.1. The fourth-order valence-electron chi connectivity index (χ4n) is 2.16. The molecule has 1 aromatic heterocycles. The predicted octanol–water partition coefficient (Wildman–Crippen LogP) is 2.86. The van der Waals surface area contributed by atoms with Crippen LogP contribution in [0.15, 0.2) is 36.4 Å². The second kappa shape index (κ2) is 6.45. The third-order valence-corrected chi connectivity index (χ3v) is 3.09. The average Bonchev–Trinajstić information content (AvgIpc) is 2.38. The Morgan fingerprint density at radius 2 is 2.05 bits per heavy atom. The van der Waals surface area contributed by atoms with Gasteiger partial charge in [-0.15, -0.1) is 0 Å². The van der Waals surface area contributed by atoms with Gasteiger partial charge in [0, 0.05) is 18.8 Å². The molecule has 1 aromatic carbocycles. The fraction of sp³-hybridized carbons (Fsp3) is 0.250. The van der Waals surface area contributed by atoms with Crippen LogP contribution in [-0.4, -0.2) is 28.0 Å². The minimum Gasteiger partial charge on any atom is -0.478 e. The van der Waals surface area contributed by atoms with E-state index in [9.17, 15) is 9.18 Å². The predicted molar refractivity (Wildman–Crippen MR) is 77.5 cm³/mol. The van der Waals surface area contributed by atoms with E-state index >= 15 is 0 Å². The Kier molecular flexibility index (Phi) is 4.65. The van der Waals surface area contributed by atoms with Crippen LogP contribution in [-0.2, 0) is 13.1 Å². The smallest absolute Gasteiger partial charge is 0.338 e. The van der Waals surface area contributed by atoms with Crippen molar-refractivity contribution in [1.82, 2.24) is 9.88 Å². The van der Waals surface area contributed by atoms with Crippen LogP contribution in [0, 0.1) is 12.7 Å². The molecule has 0 spiro atoms. The number of hydrogen-bond acceptors (Lipinski definition) is 3. The molecule has 0 aliphatic heterocycles. The van der Waals surface area contributed by atoms with Gasteiger partial charge in [0.1, 0.15) is 5.82 Å². The summed E-state index contributed by atoms with van der Waals surface area (Å²) in [6.45, 7) is 3.10. The molecule has 0 unspecified atom stereocenters. The Bertz CT molecular complexity index is 658. The highest BCUT2D eigenvalue weighted by molar-refractivity contribution is 5.87. The third kappa shape index (κ3) is 4.10. The number of nitrogens with zero attached hydrogens (tertiary/aromatic N) is 2. The van der Waals surface area contributed by atoms with Gasteiger partial charge in [-0.1, -0.05) is 12.1 Å². The number of carbonyl (C=O) groups is 1. The molecule has 0 bridgehead atoms. The van der Waals surface area contributed by atoms with Crippen LogP contribution in [0.4, 0.5) is 4.39 Å². The molecule has 2 aromatic rings. The number of halogens is 1. The maximum atomic E-state index is 13.6. The molecule has 4 nitrogen and oxygen atoms in total. The summed E-state index contributed by atoms with van der Waals surface area (Å²) in [4.78, 5) is 17.2. The first kappa shape index (κ1) is 15.1. The summed E-state index contributed by atoms with van der Waals surface area (Å²) in [5.41, 5.74) is 2.33. The largest absolute Gasteiger partial charge is 0.478 e. The summed E-state index contributed by atoms with van der Waals surface area (Å²) >= 11 is 0. The van der Waals surface area contributed by atoms with Gasteiger partial charge in [0.15, 0.2) is 0 Å². The van der Waals surface area contributed by atoms with Crippen molar-refractivity contribution in [2.45, 2.75) is 20.0 Å². The minimum absolute atomic E-state index is 0.304. The zero-order valence-corrected chi connectivity index (χ0v) is 12.0. The molecule has 0 fully saturated rings. The highest BCUT2D eigenvalue weighted by Crippen LogP contribution is 2.13. The number of carboxylic acid groups (broad SMARTS) is 1. The summed E-state index contributed by atoms with van der Waals surface area (Å²) < 4.78 is 13.6. The Morgan fingerprint density at radius 1 is 1.29 bits per heavy atom. The van der Waals surface area contributed by atoms with E-state index in [0.29, 0.717) is 13.1 Å². The first-order valence-corrected chi connectivity index (χ1v) is 6.58. The van der Waals surface area contributed by atoms with Crippen molar-refractivity contribution in [3.05, 3.63) is 64.7 Å². The Morgan fingerprint density at radius 3 is 2.67 bits per heavy atom. The second-order valence-electron chi connectivity index (χ2n) is 5.06. The molecular formula is C16H17FN2O2. The lowest BCUT2D eigenvalue weighted by Gasteiger charge is -2.16. The molecule has 2 rings (SSSR count). The maximum absolute atomic E-state index is 13.6. The van der Waals surface area contributed by atoms with E-state index in [-0.39, 0.29) is 5.56 Å². The van der Waals surface area contributed by atoms with Crippen molar-refractivity contribution in [2.24, 2.45) is 0 Å². The molecule has 0 atom stereocenters. The average molecular weight is 288 g/mol. The van der Waals surface area contributed by atoms with E-state index in [1.165, 1.54) is 12.1 Å². The highest BCUT2D eigenvalue weighted by atomic mass is 19.1. The van der Waals surface area contributed by atoms with Crippen molar-refractivity contribution < 1.29 is 14.3 Å². The number of aromatic nitrogens is 1. The molecule has 0 aliphatic carbocycles. The van der Waals surface area contributed by atoms with Gasteiger partial charge in [0.05, 0.1) is 11.3 Å². The van der Waals surface area contributed by atoms with E-state index < -0.39 is 11.8 Å². The molecule has 0 saturated heterocycles. The topological polar surface area (TPSA) is 53.4 Å². The molecule has 5 heteroatoms. The van der Waals surface area contributed by atoms with Gasteiger partial charge in [0.2, 0.25) is 0 Å². The van der Waals surface area contributed by atoms with Crippen LogP contribution in [0.5, 0.6) is 0 Å². The number of benzene rings is 1. The van der Waals surface area contributed by atoms with Crippen molar-refractivity contribution in [3.63, 3.8) is 0 Å². The van der Waals surface area contributed by atoms with Crippen molar-refractivity contribution >= 4 is 5.97 Å². The zero-order valence-electron chi connectivity index (χ0n) is 12.0. The number of aryl methyl sites for hydroxylation is 1. The first-order chi connectivity index (χ1) is 9.95. The van der Waals surface area contributed by atoms with E-state index in [0.717, 1.165) is 17.0 Å². The van der Waals surface area contributed by atoms with Gasteiger partial charge in [-0.25, -0.2) is 9.18 Å². The van der Waals surface area contributed by atoms with Gasteiger partial charge in [0.25, 0.3) is 0 Å². The molecule has 21 heavy (non-hydrogen) atoms. The van der Waals surface area contributed by atoms with Crippen molar-refractivity contribution in [3.8, 4) is 0 Å². The molecule has 0 radical (unpaired) electrons. The Labute approximate surface area is 122 Å². The van der Waals surface area contributed by atoms with Crippen LogP contribution in [0.1, 0.15) is 27.3 Å². The van der Waals surface area contributed by atoms with Crippen molar-refractivity contribution in [1.29, 1.82) is 0 Å². The van der Waals surface area contributed by atoms with E-state index in [1.807, 2.05) is 37.1 Å². The number of pyridine rings is 1. The molecule has 110 valence electrons. The Balaban J connectivity index is 2.04. The summed E-state index contributed by atoms with van der Waals surface area (Å²) in [6.07, 6.45) is 0. The number of aromatic carboxylic acids is 1. The number of carboxylic acids is 1. The lowest BCUT2D eigenvalue weighted by Crippen LogP contribution is -2.18. The zero-order chi connectivity index (χ0) is 15.4.